The molecule has 5 heteroatoms. The minimum Gasteiger partial charge on any atom is -0.357 e. The molecule has 0 radical (unpaired) electrons. The Labute approximate surface area is 126 Å². The van der Waals surface area contributed by atoms with E-state index in [-0.39, 0.29) is 11.8 Å². The summed E-state index contributed by atoms with van der Waals surface area (Å²) in [7, 11) is 0. The van der Waals surface area contributed by atoms with Gasteiger partial charge in [0.1, 0.15) is 5.82 Å². The van der Waals surface area contributed by atoms with Crippen molar-refractivity contribution < 1.29 is 4.79 Å². The highest BCUT2D eigenvalue weighted by molar-refractivity contribution is 5.94. The molecule has 1 amide bonds. The van der Waals surface area contributed by atoms with Crippen molar-refractivity contribution in [2.75, 3.05) is 23.3 Å². The van der Waals surface area contributed by atoms with E-state index in [1.165, 1.54) is 19.3 Å². The second-order valence-corrected chi connectivity index (χ2v) is 5.85. The maximum Gasteiger partial charge on any atom is 0.241 e. The number of aromatic nitrogens is 1. The number of piperidine rings is 1. The molecular weight excluding hydrogens is 264 g/mol. The van der Waals surface area contributed by atoms with E-state index in [1.54, 1.807) is 6.20 Å². The quantitative estimate of drug-likeness (QED) is 0.873. The van der Waals surface area contributed by atoms with Crippen molar-refractivity contribution in [3.8, 4) is 0 Å². The molecule has 1 aliphatic rings. The number of anilines is 2. The van der Waals surface area contributed by atoms with E-state index >= 15 is 0 Å². The Morgan fingerprint density at radius 1 is 1.38 bits per heavy atom. The number of nitrogens with zero attached hydrogens (tertiary/aromatic N) is 2. The molecule has 0 saturated carbocycles. The third-order valence-electron chi connectivity index (χ3n) is 4.26. The molecular formula is C16H26N4O. The van der Waals surface area contributed by atoms with Crippen LogP contribution in [0.15, 0.2) is 18.3 Å². The van der Waals surface area contributed by atoms with Gasteiger partial charge >= 0.3 is 0 Å². The lowest BCUT2D eigenvalue weighted by Gasteiger charge is -2.27. The van der Waals surface area contributed by atoms with Gasteiger partial charge in [-0.25, -0.2) is 4.98 Å². The minimum absolute atomic E-state index is 0.142. The summed E-state index contributed by atoms with van der Waals surface area (Å²) in [6, 6.07) is 3.39. The molecule has 3 N–H and O–H groups in total. The number of nitrogens with one attached hydrogen (secondary N) is 1. The normalized spacial score (nSPS) is 18.1. The van der Waals surface area contributed by atoms with E-state index < -0.39 is 6.04 Å². The number of carbonyl (C=O) groups is 1. The highest BCUT2D eigenvalue weighted by Gasteiger charge is 2.19. The fourth-order valence-electron chi connectivity index (χ4n) is 2.51. The Kier molecular flexibility index (Phi) is 5.56. The number of hydrogen-bond acceptors (Lipinski definition) is 4. The van der Waals surface area contributed by atoms with Crippen LogP contribution in [-0.4, -0.2) is 30.0 Å². The number of amides is 1. The number of hydrogen-bond donors (Lipinski definition) is 2. The number of nitrogens with two attached hydrogens (primary N) is 1. The summed E-state index contributed by atoms with van der Waals surface area (Å²) in [5, 5.41) is 2.84. The summed E-state index contributed by atoms with van der Waals surface area (Å²) in [4.78, 5) is 18.8. The average molecular weight is 290 g/mol. The van der Waals surface area contributed by atoms with E-state index in [0.29, 0.717) is 5.69 Å². The second-order valence-electron chi connectivity index (χ2n) is 5.85. The van der Waals surface area contributed by atoms with Gasteiger partial charge in [-0.15, -0.1) is 0 Å². The number of pyridine rings is 1. The number of carbonyl (C=O) groups excluding carboxylic acids is 1. The molecule has 0 bridgehead atoms. The van der Waals surface area contributed by atoms with Gasteiger partial charge in [0.15, 0.2) is 0 Å². The van der Waals surface area contributed by atoms with Gasteiger partial charge in [0, 0.05) is 13.1 Å². The summed E-state index contributed by atoms with van der Waals surface area (Å²) >= 11 is 0. The molecule has 1 aliphatic heterocycles. The lowest BCUT2D eigenvalue weighted by molar-refractivity contribution is -0.118. The van der Waals surface area contributed by atoms with Crippen molar-refractivity contribution in [2.45, 2.75) is 45.6 Å². The summed E-state index contributed by atoms with van der Waals surface area (Å²) in [5.41, 5.74) is 6.63. The molecule has 1 aromatic rings. The van der Waals surface area contributed by atoms with Crippen molar-refractivity contribution in [1.82, 2.24) is 4.98 Å². The molecule has 1 saturated heterocycles. The zero-order chi connectivity index (χ0) is 15.2. The molecule has 1 unspecified atom stereocenters. The first-order valence-corrected chi connectivity index (χ1v) is 7.89. The van der Waals surface area contributed by atoms with Gasteiger partial charge in [0.05, 0.1) is 17.9 Å². The maximum absolute atomic E-state index is 12.0. The SMILES string of the molecule is CCC(C)[C@H](N)C(=O)Nc1ccc(N2CCCCC2)nc1. The van der Waals surface area contributed by atoms with Gasteiger partial charge in [0.2, 0.25) is 5.91 Å². The van der Waals surface area contributed by atoms with Crippen LogP contribution in [0.5, 0.6) is 0 Å². The van der Waals surface area contributed by atoms with E-state index in [9.17, 15) is 4.79 Å². The Morgan fingerprint density at radius 3 is 2.67 bits per heavy atom. The van der Waals surface area contributed by atoms with Crippen molar-refractivity contribution in [2.24, 2.45) is 11.7 Å². The predicted molar refractivity (Wildman–Crippen MR) is 86.4 cm³/mol. The van der Waals surface area contributed by atoms with Crippen LogP contribution in [0.3, 0.4) is 0 Å². The van der Waals surface area contributed by atoms with Gasteiger partial charge in [-0.1, -0.05) is 20.3 Å². The molecule has 2 atom stereocenters. The molecule has 0 aromatic carbocycles. The first-order valence-electron chi connectivity index (χ1n) is 7.89. The molecule has 1 fully saturated rings. The molecule has 2 rings (SSSR count). The lowest BCUT2D eigenvalue weighted by atomic mass is 9.99. The third-order valence-corrected chi connectivity index (χ3v) is 4.26. The first-order chi connectivity index (χ1) is 10.1. The molecule has 0 aliphatic carbocycles. The van der Waals surface area contributed by atoms with Crippen LogP contribution < -0.4 is 16.0 Å². The van der Waals surface area contributed by atoms with Crippen LogP contribution in [-0.2, 0) is 4.79 Å². The van der Waals surface area contributed by atoms with Gasteiger partial charge in [0.25, 0.3) is 0 Å². The van der Waals surface area contributed by atoms with Crippen molar-refractivity contribution in [1.29, 1.82) is 0 Å². The van der Waals surface area contributed by atoms with Gasteiger partial charge in [-0.05, 0) is 37.3 Å². The van der Waals surface area contributed by atoms with E-state index in [2.05, 4.69) is 15.2 Å². The van der Waals surface area contributed by atoms with Crippen LogP contribution in [0, 0.1) is 5.92 Å². The summed E-state index contributed by atoms with van der Waals surface area (Å²) in [5.74, 6) is 1.02. The van der Waals surface area contributed by atoms with Gasteiger partial charge in [-0.3, -0.25) is 4.79 Å². The average Bonchev–Trinajstić information content (AvgIpc) is 2.54. The predicted octanol–water partition coefficient (Wildman–Crippen LogP) is 2.38. The van der Waals surface area contributed by atoms with Crippen LogP contribution in [0.2, 0.25) is 0 Å². The van der Waals surface area contributed by atoms with Crippen LogP contribution in [0.4, 0.5) is 11.5 Å². The number of rotatable bonds is 5. The maximum atomic E-state index is 12.0. The van der Waals surface area contributed by atoms with Gasteiger partial charge < -0.3 is 16.0 Å². The lowest BCUT2D eigenvalue weighted by Crippen LogP contribution is -2.40. The van der Waals surface area contributed by atoms with Crippen LogP contribution in [0.25, 0.3) is 0 Å². The Balaban J connectivity index is 1.94. The Morgan fingerprint density at radius 2 is 2.10 bits per heavy atom. The second kappa shape index (κ2) is 7.41. The van der Waals surface area contributed by atoms with E-state index in [4.69, 9.17) is 5.73 Å². The molecule has 2 heterocycles. The van der Waals surface area contributed by atoms with Crippen molar-refractivity contribution in [3.63, 3.8) is 0 Å². The van der Waals surface area contributed by atoms with E-state index in [1.807, 2.05) is 26.0 Å². The monoisotopic (exact) mass is 290 g/mol. The van der Waals surface area contributed by atoms with Gasteiger partial charge in [-0.2, -0.15) is 0 Å². The standard InChI is InChI=1S/C16H26N4O/c1-3-12(2)15(17)16(21)19-13-7-8-14(18-11-13)20-9-5-4-6-10-20/h7-8,11-12,15H,3-6,9-10,17H2,1-2H3,(H,19,21)/t12?,15-/m0/s1. The molecule has 21 heavy (non-hydrogen) atoms. The Hall–Kier alpha value is -1.62. The first kappa shape index (κ1) is 15.8. The highest BCUT2D eigenvalue weighted by Crippen LogP contribution is 2.19. The molecule has 0 spiro atoms. The fourth-order valence-corrected chi connectivity index (χ4v) is 2.51. The van der Waals surface area contributed by atoms with Crippen molar-refractivity contribution >= 4 is 17.4 Å². The minimum atomic E-state index is -0.475. The third kappa shape index (κ3) is 4.17. The zero-order valence-electron chi connectivity index (χ0n) is 13.0. The topological polar surface area (TPSA) is 71.2 Å². The zero-order valence-corrected chi connectivity index (χ0v) is 13.0. The van der Waals surface area contributed by atoms with E-state index in [0.717, 1.165) is 25.3 Å². The van der Waals surface area contributed by atoms with Crippen LogP contribution in [0.1, 0.15) is 39.5 Å². The van der Waals surface area contributed by atoms with Crippen LogP contribution >= 0.6 is 0 Å². The smallest absolute Gasteiger partial charge is 0.241 e. The molecule has 5 nitrogen and oxygen atoms in total. The molecule has 1 aromatic heterocycles. The largest absolute Gasteiger partial charge is 0.357 e. The summed E-state index contributed by atoms with van der Waals surface area (Å²) in [6.45, 7) is 6.16. The Bertz CT molecular complexity index is 454. The summed E-state index contributed by atoms with van der Waals surface area (Å²) in [6.07, 6.45) is 6.36. The van der Waals surface area contributed by atoms with Crippen molar-refractivity contribution in [3.05, 3.63) is 18.3 Å². The summed E-state index contributed by atoms with van der Waals surface area (Å²) < 4.78 is 0. The molecule has 116 valence electrons. The fraction of sp³-hybridized carbons (Fsp3) is 0.625. The highest BCUT2D eigenvalue weighted by atomic mass is 16.2.